The lowest BCUT2D eigenvalue weighted by atomic mass is 10.0. The van der Waals surface area contributed by atoms with Gasteiger partial charge in [0.15, 0.2) is 0 Å². The number of rotatable bonds is 4. The number of nitrogens with one attached hydrogen (secondary N) is 1. The highest BCUT2D eigenvalue weighted by molar-refractivity contribution is 5.79. The summed E-state index contributed by atoms with van der Waals surface area (Å²) < 4.78 is 43.3. The Kier molecular flexibility index (Phi) is 4.23. The highest BCUT2D eigenvalue weighted by atomic mass is 19.4. The van der Waals surface area contributed by atoms with Gasteiger partial charge in [0, 0.05) is 37.5 Å². The zero-order valence-electron chi connectivity index (χ0n) is 13.7. The Labute approximate surface area is 139 Å². The molecule has 1 saturated heterocycles. The van der Waals surface area contributed by atoms with Gasteiger partial charge in [-0.05, 0) is 19.4 Å². The number of likely N-dealkylation sites (tertiary alicyclic amines) is 1. The number of fused-ring (bicyclic) bond motifs is 1. The standard InChI is InChI=1S/C17H21F3N2O2/c1-16(2)7-11-4-3-5-12(15(11)24-16)8-21-13-6-14(23)22(9-13)10-17(18,19)20/h3-5,13,21H,6-10H2,1-2H3/t13-/m0/s1. The van der Waals surface area contributed by atoms with Crippen LogP contribution in [0.15, 0.2) is 18.2 Å². The van der Waals surface area contributed by atoms with Gasteiger partial charge in [-0.1, -0.05) is 18.2 Å². The number of para-hydroxylation sites is 1. The summed E-state index contributed by atoms with van der Waals surface area (Å²) in [4.78, 5) is 12.6. The van der Waals surface area contributed by atoms with Crippen LogP contribution >= 0.6 is 0 Å². The molecule has 0 saturated carbocycles. The topological polar surface area (TPSA) is 41.6 Å². The van der Waals surface area contributed by atoms with Gasteiger partial charge < -0.3 is 15.0 Å². The second-order valence-electron chi connectivity index (χ2n) is 7.12. The Hall–Kier alpha value is -1.76. The van der Waals surface area contributed by atoms with Gasteiger partial charge in [0.05, 0.1) is 0 Å². The third-order valence-corrected chi connectivity index (χ3v) is 4.34. The number of carbonyl (C=O) groups is 1. The molecule has 1 amide bonds. The van der Waals surface area contributed by atoms with Crippen molar-refractivity contribution in [1.29, 1.82) is 0 Å². The van der Waals surface area contributed by atoms with Crippen molar-refractivity contribution >= 4 is 5.91 Å². The molecule has 24 heavy (non-hydrogen) atoms. The number of hydrogen-bond donors (Lipinski definition) is 1. The van der Waals surface area contributed by atoms with E-state index in [9.17, 15) is 18.0 Å². The van der Waals surface area contributed by atoms with Crippen molar-refractivity contribution in [3.05, 3.63) is 29.3 Å². The van der Waals surface area contributed by atoms with Crippen molar-refractivity contribution in [3.63, 3.8) is 0 Å². The average Bonchev–Trinajstić information content (AvgIpc) is 2.93. The molecule has 1 aromatic rings. The molecule has 4 nitrogen and oxygen atoms in total. The minimum absolute atomic E-state index is 0.0831. The second kappa shape index (κ2) is 5.95. The van der Waals surface area contributed by atoms with E-state index >= 15 is 0 Å². The maximum atomic E-state index is 12.5. The van der Waals surface area contributed by atoms with Gasteiger partial charge >= 0.3 is 6.18 Å². The molecule has 0 aromatic heterocycles. The van der Waals surface area contributed by atoms with Crippen LogP contribution in [0.4, 0.5) is 13.2 Å². The summed E-state index contributed by atoms with van der Waals surface area (Å²) in [6, 6.07) is 5.65. The predicted molar refractivity (Wildman–Crippen MR) is 82.7 cm³/mol. The molecule has 2 aliphatic rings. The molecule has 0 unspecified atom stereocenters. The van der Waals surface area contributed by atoms with E-state index in [1.165, 1.54) is 0 Å². The molecular formula is C17H21F3N2O2. The highest BCUT2D eigenvalue weighted by Gasteiger charge is 2.38. The van der Waals surface area contributed by atoms with Crippen LogP contribution in [-0.2, 0) is 17.8 Å². The molecule has 7 heteroatoms. The van der Waals surface area contributed by atoms with Crippen LogP contribution in [0.2, 0.25) is 0 Å². The number of ether oxygens (including phenoxy) is 1. The Morgan fingerprint density at radius 2 is 2.12 bits per heavy atom. The lowest BCUT2D eigenvalue weighted by Gasteiger charge is -2.20. The summed E-state index contributed by atoms with van der Waals surface area (Å²) in [6.07, 6.45) is -3.43. The minimum Gasteiger partial charge on any atom is -0.487 e. The molecule has 2 aliphatic heterocycles. The Balaban J connectivity index is 1.60. The van der Waals surface area contributed by atoms with Crippen LogP contribution in [0.25, 0.3) is 0 Å². The van der Waals surface area contributed by atoms with Crippen molar-refractivity contribution in [2.45, 2.75) is 51.1 Å². The van der Waals surface area contributed by atoms with Crippen LogP contribution in [0, 0.1) is 0 Å². The van der Waals surface area contributed by atoms with Crippen LogP contribution in [-0.4, -0.2) is 41.7 Å². The SMILES string of the molecule is CC1(C)Cc2cccc(CN[C@H]3CC(=O)N(CC(F)(F)F)C3)c2O1. The second-order valence-corrected chi connectivity index (χ2v) is 7.12. The van der Waals surface area contributed by atoms with Gasteiger partial charge in [-0.2, -0.15) is 13.2 Å². The molecule has 1 aromatic carbocycles. The first kappa shape index (κ1) is 17.1. The molecule has 0 aliphatic carbocycles. The molecule has 3 rings (SSSR count). The first-order valence-corrected chi connectivity index (χ1v) is 8.01. The summed E-state index contributed by atoms with van der Waals surface area (Å²) in [6.45, 7) is 3.42. The number of benzene rings is 1. The van der Waals surface area contributed by atoms with Crippen molar-refractivity contribution in [1.82, 2.24) is 10.2 Å². The fraction of sp³-hybridized carbons (Fsp3) is 0.588. The fourth-order valence-electron chi connectivity index (χ4n) is 3.35. The van der Waals surface area contributed by atoms with Crippen LogP contribution < -0.4 is 10.1 Å². The smallest absolute Gasteiger partial charge is 0.406 e. The molecule has 1 fully saturated rings. The number of alkyl halides is 3. The van der Waals surface area contributed by atoms with Crippen molar-refractivity contribution < 1.29 is 22.7 Å². The normalized spacial score (nSPS) is 22.6. The zero-order chi connectivity index (χ0) is 17.5. The van der Waals surface area contributed by atoms with E-state index in [-0.39, 0.29) is 24.6 Å². The minimum atomic E-state index is -4.36. The first-order valence-electron chi connectivity index (χ1n) is 8.01. The lowest BCUT2D eigenvalue weighted by molar-refractivity contribution is -0.157. The maximum Gasteiger partial charge on any atom is 0.406 e. The van der Waals surface area contributed by atoms with E-state index < -0.39 is 18.6 Å². The van der Waals surface area contributed by atoms with Crippen LogP contribution in [0.1, 0.15) is 31.4 Å². The fourth-order valence-corrected chi connectivity index (χ4v) is 3.35. The molecule has 0 radical (unpaired) electrons. The summed E-state index contributed by atoms with van der Waals surface area (Å²) in [5.74, 6) is 0.395. The van der Waals surface area contributed by atoms with E-state index in [4.69, 9.17) is 4.74 Å². The lowest BCUT2D eigenvalue weighted by Crippen LogP contribution is -2.37. The molecule has 1 atom stereocenters. The number of hydrogen-bond acceptors (Lipinski definition) is 3. The molecule has 0 spiro atoms. The van der Waals surface area contributed by atoms with E-state index in [2.05, 4.69) is 5.32 Å². The van der Waals surface area contributed by atoms with Crippen molar-refractivity contribution in [2.75, 3.05) is 13.1 Å². The predicted octanol–water partition coefficient (Wildman–Crippen LogP) is 2.65. The van der Waals surface area contributed by atoms with Crippen LogP contribution in [0.3, 0.4) is 0 Å². The molecule has 2 heterocycles. The van der Waals surface area contributed by atoms with Gasteiger partial charge in [0.25, 0.3) is 0 Å². The molecule has 1 N–H and O–H groups in total. The van der Waals surface area contributed by atoms with Gasteiger partial charge in [-0.25, -0.2) is 0 Å². The third-order valence-electron chi connectivity index (χ3n) is 4.34. The molecular weight excluding hydrogens is 321 g/mol. The summed E-state index contributed by atoms with van der Waals surface area (Å²) >= 11 is 0. The monoisotopic (exact) mass is 342 g/mol. The van der Waals surface area contributed by atoms with Gasteiger partial charge in [0.1, 0.15) is 17.9 Å². The number of nitrogens with zero attached hydrogens (tertiary/aromatic N) is 1. The summed E-state index contributed by atoms with van der Waals surface area (Å²) in [5.41, 5.74) is 1.87. The summed E-state index contributed by atoms with van der Waals surface area (Å²) in [7, 11) is 0. The van der Waals surface area contributed by atoms with Gasteiger partial charge in [-0.15, -0.1) is 0 Å². The number of halogens is 3. The first-order chi connectivity index (χ1) is 11.1. The maximum absolute atomic E-state index is 12.5. The highest BCUT2D eigenvalue weighted by Crippen LogP contribution is 2.37. The number of carbonyl (C=O) groups excluding carboxylic acids is 1. The summed E-state index contributed by atoms with van der Waals surface area (Å²) in [5, 5.41) is 3.19. The average molecular weight is 342 g/mol. The van der Waals surface area contributed by atoms with E-state index in [1.807, 2.05) is 32.0 Å². The van der Waals surface area contributed by atoms with E-state index in [0.29, 0.717) is 6.54 Å². The quantitative estimate of drug-likeness (QED) is 0.915. The third kappa shape index (κ3) is 3.83. The Morgan fingerprint density at radius 3 is 2.83 bits per heavy atom. The number of amides is 1. The Bertz CT molecular complexity index is 643. The van der Waals surface area contributed by atoms with Gasteiger partial charge in [0.2, 0.25) is 5.91 Å². The van der Waals surface area contributed by atoms with Gasteiger partial charge in [-0.3, -0.25) is 4.79 Å². The zero-order valence-corrected chi connectivity index (χ0v) is 13.7. The van der Waals surface area contributed by atoms with Crippen molar-refractivity contribution in [3.8, 4) is 5.75 Å². The largest absolute Gasteiger partial charge is 0.487 e. The molecule has 0 bridgehead atoms. The molecule has 132 valence electrons. The van der Waals surface area contributed by atoms with Crippen molar-refractivity contribution in [2.24, 2.45) is 0 Å². The van der Waals surface area contributed by atoms with E-state index in [0.717, 1.165) is 28.2 Å². The van der Waals surface area contributed by atoms with Crippen LogP contribution in [0.5, 0.6) is 5.75 Å². The van der Waals surface area contributed by atoms with E-state index in [1.54, 1.807) is 0 Å². The Morgan fingerprint density at radius 1 is 1.38 bits per heavy atom.